The highest BCUT2D eigenvalue weighted by Gasteiger charge is 2.33. The van der Waals surface area contributed by atoms with Crippen molar-refractivity contribution in [1.29, 1.82) is 0 Å². The van der Waals surface area contributed by atoms with Gasteiger partial charge in [-0.3, -0.25) is 0 Å². The van der Waals surface area contributed by atoms with E-state index < -0.39 is 23.2 Å². The predicted molar refractivity (Wildman–Crippen MR) is 70.0 cm³/mol. The van der Waals surface area contributed by atoms with Crippen LogP contribution in [0.25, 0.3) is 0 Å². The van der Waals surface area contributed by atoms with E-state index in [1.165, 1.54) is 18.2 Å². The molecule has 0 fully saturated rings. The van der Waals surface area contributed by atoms with E-state index in [0.29, 0.717) is 4.47 Å². The van der Waals surface area contributed by atoms with Gasteiger partial charge in [-0.1, -0.05) is 0 Å². The summed E-state index contributed by atoms with van der Waals surface area (Å²) in [4.78, 5) is 0. The lowest BCUT2D eigenvalue weighted by Gasteiger charge is -2.13. The molecule has 0 aliphatic rings. The maximum atomic E-state index is 13.1. The van der Waals surface area contributed by atoms with E-state index in [1.54, 1.807) is 0 Å². The molecular weight excluding hydrogens is 342 g/mol. The molecule has 0 unspecified atom stereocenters. The molecule has 106 valence electrons. The van der Waals surface area contributed by atoms with Crippen LogP contribution in [-0.2, 0) is 6.18 Å². The number of nitrogens with two attached hydrogens (primary N) is 1. The second-order valence-electron chi connectivity index (χ2n) is 3.92. The highest BCUT2D eigenvalue weighted by Crippen LogP contribution is 2.37. The molecule has 0 saturated carbocycles. The second kappa shape index (κ2) is 5.32. The van der Waals surface area contributed by atoms with Gasteiger partial charge in [0, 0.05) is 11.8 Å². The summed E-state index contributed by atoms with van der Waals surface area (Å²) in [5.41, 5.74) is 3.88. The first-order chi connectivity index (χ1) is 9.27. The Hall–Kier alpha value is -1.76. The van der Waals surface area contributed by atoms with Crippen molar-refractivity contribution in [2.75, 3.05) is 5.73 Å². The minimum absolute atomic E-state index is 0.0721. The summed E-state index contributed by atoms with van der Waals surface area (Å²) in [6.45, 7) is 0. The van der Waals surface area contributed by atoms with Gasteiger partial charge in [0.25, 0.3) is 0 Å². The lowest BCUT2D eigenvalue weighted by Crippen LogP contribution is -2.08. The number of alkyl halides is 3. The molecule has 7 heteroatoms. The molecule has 0 radical (unpaired) electrons. The number of rotatable bonds is 2. The van der Waals surface area contributed by atoms with E-state index in [2.05, 4.69) is 15.9 Å². The van der Waals surface area contributed by atoms with Gasteiger partial charge in [-0.15, -0.1) is 0 Å². The molecule has 0 saturated heterocycles. The van der Waals surface area contributed by atoms with Gasteiger partial charge in [0.15, 0.2) is 0 Å². The van der Waals surface area contributed by atoms with E-state index in [-0.39, 0.29) is 11.5 Å². The summed E-state index contributed by atoms with van der Waals surface area (Å²) < 4.78 is 56.9. The zero-order valence-corrected chi connectivity index (χ0v) is 11.4. The Morgan fingerprint density at radius 2 is 1.75 bits per heavy atom. The van der Waals surface area contributed by atoms with Crippen molar-refractivity contribution in [3.05, 3.63) is 52.3 Å². The third-order valence-electron chi connectivity index (χ3n) is 2.45. The fourth-order valence-electron chi connectivity index (χ4n) is 1.53. The number of halogens is 5. The average Bonchev–Trinajstić information content (AvgIpc) is 2.35. The molecule has 2 aromatic carbocycles. The second-order valence-corrected chi connectivity index (χ2v) is 4.78. The van der Waals surface area contributed by atoms with Gasteiger partial charge in [0.05, 0.1) is 10.0 Å². The smallest absolute Gasteiger partial charge is 0.418 e. The number of hydrogen-bond donors (Lipinski definition) is 1. The number of nitrogen functional groups attached to an aromatic ring is 1. The van der Waals surface area contributed by atoms with Crippen molar-refractivity contribution in [2.45, 2.75) is 6.18 Å². The van der Waals surface area contributed by atoms with Gasteiger partial charge in [-0.05, 0) is 46.3 Å². The van der Waals surface area contributed by atoms with Crippen molar-refractivity contribution in [3.63, 3.8) is 0 Å². The van der Waals surface area contributed by atoms with Crippen LogP contribution < -0.4 is 10.5 Å². The molecular formula is C13H8BrF4NO. The van der Waals surface area contributed by atoms with E-state index in [1.807, 2.05) is 0 Å². The summed E-state index contributed by atoms with van der Waals surface area (Å²) in [6, 6.07) is 6.79. The molecule has 0 heterocycles. The van der Waals surface area contributed by atoms with Gasteiger partial charge in [0.1, 0.15) is 17.3 Å². The maximum Gasteiger partial charge on any atom is 0.418 e. The topological polar surface area (TPSA) is 35.2 Å². The van der Waals surface area contributed by atoms with Gasteiger partial charge < -0.3 is 10.5 Å². The first kappa shape index (κ1) is 14.6. The lowest BCUT2D eigenvalue weighted by molar-refractivity contribution is -0.137. The van der Waals surface area contributed by atoms with Crippen LogP contribution in [-0.4, -0.2) is 0 Å². The van der Waals surface area contributed by atoms with E-state index in [0.717, 1.165) is 18.2 Å². The Labute approximate surface area is 120 Å². The molecule has 20 heavy (non-hydrogen) atoms. The standard InChI is InChI=1S/C13H8BrF4NO/c14-10-3-1-7(15)5-12(10)20-8-2-4-11(19)9(6-8)13(16,17)18/h1-6H,19H2. The number of benzene rings is 2. The summed E-state index contributed by atoms with van der Waals surface area (Å²) in [7, 11) is 0. The van der Waals surface area contributed by atoms with Gasteiger partial charge >= 0.3 is 6.18 Å². The third kappa shape index (κ3) is 3.22. The summed E-state index contributed by atoms with van der Waals surface area (Å²) in [6.07, 6.45) is -4.58. The average molecular weight is 350 g/mol. The molecule has 0 aliphatic heterocycles. The predicted octanol–water partition coefficient (Wildman–Crippen LogP) is 4.98. The fraction of sp³-hybridized carbons (Fsp3) is 0.0769. The molecule has 2 N–H and O–H groups in total. The van der Waals surface area contributed by atoms with Gasteiger partial charge in [0.2, 0.25) is 0 Å². The SMILES string of the molecule is Nc1ccc(Oc2cc(F)ccc2Br)cc1C(F)(F)F. The molecule has 0 aromatic heterocycles. The molecule has 0 amide bonds. The van der Waals surface area contributed by atoms with Crippen molar-refractivity contribution in [2.24, 2.45) is 0 Å². The summed E-state index contributed by atoms with van der Waals surface area (Å²) >= 11 is 3.12. The van der Waals surface area contributed by atoms with Crippen molar-refractivity contribution in [3.8, 4) is 11.5 Å². The molecule has 2 rings (SSSR count). The van der Waals surface area contributed by atoms with Crippen molar-refractivity contribution >= 4 is 21.6 Å². The first-order valence-electron chi connectivity index (χ1n) is 5.37. The van der Waals surface area contributed by atoms with Crippen LogP contribution in [0.1, 0.15) is 5.56 Å². The number of anilines is 1. The molecule has 0 spiro atoms. The van der Waals surface area contributed by atoms with Crippen LogP contribution in [0.3, 0.4) is 0 Å². The van der Waals surface area contributed by atoms with E-state index in [4.69, 9.17) is 10.5 Å². The van der Waals surface area contributed by atoms with Crippen LogP contribution in [0.2, 0.25) is 0 Å². The zero-order chi connectivity index (χ0) is 14.9. The Balaban J connectivity index is 2.37. The minimum Gasteiger partial charge on any atom is -0.456 e. The van der Waals surface area contributed by atoms with Crippen LogP contribution in [0.4, 0.5) is 23.2 Å². The summed E-state index contributed by atoms with van der Waals surface area (Å²) in [5.74, 6) is -0.574. The first-order valence-corrected chi connectivity index (χ1v) is 6.16. The van der Waals surface area contributed by atoms with Crippen LogP contribution >= 0.6 is 15.9 Å². The molecule has 0 atom stereocenters. The van der Waals surface area contributed by atoms with Gasteiger partial charge in [-0.2, -0.15) is 13.2 Å². The Bertz CT molecular complexity index is 643. The monoisotopic (exact) mass is 349 g/mol. The van der Waals surface area contributed by atoms with Crippen LogP contribution in [0.15, 0.2) is 40.9 Å². The number of hydrogen-bond acceptors (Lipinski definition) is 2. The lowest BCUT2D eigenvalue weighted by atomic mass is 10.1. The summed E-state index contributed by atoms with van der Waals surface area (Å²) in [5, 5.41) is 0. The largest absolute Gasteiger partial charge is 0.456 e. The highest BCUT2D eigenvalue weighted by atomic mass is 79.9. The maximum absolute atomic E-state index is 13.1. The minimum atomic E-state index is -4.58. The van der Waals surface area contributed by atoms with Crippen LogP contribution in [0, 0.1) is 5.82 Å². The zero-order valence-electron chi connectivity index (χ0n) is 9.84. The molecule has 0 bridgehead atoms. The van der Waals surface area contributed by atoms with Crippen molar-refractivity contribution < 1.29 is 22.3 Å². The molecule has 0 aliphatic carbocycles. The van der Waals surface area contributed by atoms with E-state index in [9.17, 15) is 17.6 Å². The normalized spacial score (nSPS) is 11.4. The Morgan fingerprint density at radius 1 is 1.05 bits per heavy atom. The van der Waals surface area contributed by atoms with E-state index >= 15 is 0 Å². The van der Waals surface area contributed by atoms with Crippen molar-refractivity contribution in [1.82, 2.24) is 0 Å². The van der Waals surface area contributed by atoms with Gasteiger partial charge in [-0.25, -0.2) is 4.39 Å². The van der Waals surface area contributed by atoms with Crippen LogP contribution in [0.5, 0.6) is 11.5 Å². The third-order valence-corrected chi connectivity index (χ3v) is 3.11. The Morgan fingerprint density at radius 3 is 2.40 bits per heavy atom. The number of ether oxygens (including phenoxy) is 1. The Kier molecular flexibility index (Phi) is 3.89. The molecule has 2 aromatic rings. The molecule has 2 nitrogen and oxygen atoms in total. The highest BCUT2D eigenvalue weighted by molar-refractivity contribution is 9.10. The quantitative estimate of drug-likeness (QED) is 0.612. The fourth-order valence-corrected chi connectivity index (χ4v) is 1.85.